The Balaban J connectivity index is 2.02. The zero-order valence-corrected chi connectivity index (χ0v) is 11.2. The summed E-state index contributed by atoms with van der Waals surface area (Å²) in [6, 6.07) is 5.10. The average molecular weight is 280 g/mol. The van der Waals surface area contributed by atoms with Crippen molar-refractivity contribution in [2.24, 2.45) is 0 Å². The summed E-state index contributed by atoms with van der Waals surface area (Å²) in [6.45, 7) is 1.05. The number of nitrogens with zero attached hydrogens (tertiary/aromatic N) is 2. The Morgan fingerprint density at radius 2 is 2.21 bits per heavy atom. The van der Waals surface area contributed by atoms with E-state index in [0.717, 1.165) is 5.69 Å². The number of halogens is 1. The number of methoxy groups -OCH3 is 1. The van der Waals surface area contributed by atoms with Crippen LogP contribution in [0.2, 0.25) is 5.02 Å². The maximum atomic E-state index is 9.96. The van der Waals surface area contributed by atoms with E-state index in [0.29, 0.717) is 29.4 Å². The Bertz CT molecular complexity index is 549. The van der Waals surface area contributed by atoms with Crippen molar-refractivity contribution in [3.8, 4) is 11.5 Å². The van der Waals surface area contributed by atoms with E-state index < -0.39 is 0 Å². The van der Waals surface area contributed by atoms with Gasteiger partial charge in [0, 0.05) is 35.9 Å². The Morgan fingerprint density at radius 1 is 1.37 bits per heavy atom. The Morgan fingerprint density at radius 3 is 2.89 bits per heavy atom. The van der Waals surface area contributed by atoms with Crippen LogP contribution >= 0.6 is 11.6 Å². The minimum absolute atomic E-state index is 0.0992. The Labute approximate surface area is 116 Å². The van der Waals surface area contributed by atoms with Gasteiger partial charge in [0.2, 0.25) is 0 Å². The van der Waals surface area contributed by atoms with Gasteiger partial charge in [0.05, 0.1) is 12.8 Å². The summed E-state index contributed by atoms with van der Waals surface area (Å²) in [6.07, 6.45) is 3.18. The largest absolute Gasteiger partial charge is 0.504 e. The van der Waals surface area contributed by atoms with Gasteiger partial charge in [-0.1, -0.05) is 11.6 Å². The molecule has 0 saturated carbocycles. The predicted molar refractivity (Wildman–Crippen MR) is 72.2 cm³/mol. The molecule has 0 unspecified atom stereocenters. The molecule has 1 aromatic heterocycles. The van der Waals surface area contributed by atoms with Gasteiger partial charge >= 0.3 is 0 Å². The Kier molecular flexibility index (Phi) is 4.54. The molecule has 5 nitrogen and oxygen atoms in total. The van der Waals surface area contributed by atoms with E-state index in [9.17, 15) is 5.11 Å². The quantitative estimate of drug-likeness (QED) is 0.878. The number of nitrogens with one attached hydrogen (secondary N) is 1. The summed E-state index contributed by atoms with van der Waals surface area (Å²) in [7, 11) is 1.49. The van der Waals surface area contributed by atoms with Crippen molar-refractivity contribution in [3.63, 3.8) is 0 Å². The maximum absolute atomic E-state index is 9.96. The maximum Gasteiger partial charge on any atom is 0.162 e. The van der Waals surface area contributed by atoms with E-state index >= 15 is 0 Å². The van der Waals surface area contributed by atoms with Crippen LogP contribution in [0.1, 0.15) is 11.3 Å². The second kappa shape index (κ2) is 6.36. The first-order chi connectivity index (χ1) is 9.20. The summed E-state index contributed by atoms with van der Waals surface area (Å²) < 4.78 is 5.05. The fourth-order valence-electron chi connectivity index (χ4n) is 1.67. The lowest BCUT2D eigenvalue weighted by Crippen LogP contribution is -2.14. The van der Waals surface area contributed by atoms with Gasteiger partial charge in [0.25, 0.3) is 0 Å². The number of phenols is 1. The van der Waals surface area contributed by atoms with Gasteiger partial charge in [0.15, 0.2) is 11.5 Å². The minimum atomic E-state index is 0.0992. The molecule has 0 saturated heterocycles. The number of hydrogen-bond acceptors (Lipinski definition) is 5. The second-order valence-electron chi connectivity index (χ2n) is 3.92. The number of aromatic hydroxyl groups is 1. The summed E-state index contributed by atoms with van der Waals surface area (Å²) in [5.41, 5.74) is 1.56. The SMILES string of the molecule is COc1cc(Cl)cc(CNCc2ccncn2)c1O. The molecule has 0 aliphatic carbocycles. The molecule has 2 aromatic rings. The summed E-state index contributed by atoms with van der Waals surface area (Å²) in [4.78, 5) is 7.94. The van der Waals surface area contributed by atoms with E-state index in [1.165, 1.54) is 13.4 Å². The van der Waals surface area contributed by atoms with Crippen LogP contribution in [0.25, 0.3) is 0 Å². The number of rotatable bonds is 5. The molecule has 0 aliphatic rings. The first-order valence-corrected chi connectivity index (χ1v) is 6.09. The van der Waals surface area contributed by atoms with Crippen molar-refractivity contribution in [2.75, 3.05) is 7.11 Å². The second-order valence-corrected chi connectivity index (χ2v) is 4.36. The van der Waals surface area contributed by atoms with Crippen molar-refractivity contribution < 1.29 is 9.84 Å². The highest BCUT2D eigenvalue weighted by Crippen LogP contribution is 2.33. The normalized spacial score (nSPS) is 10.4. The van der Waals surface area contributed by atoms with Crippen LogP contribution in [-0.4, -0.2) is 22.2 Å². The highest BCUT2D eigenvalue weighted by atomic mass is 35.5. The molecular weight excluding hydrogens is 266 g/mol. The number of aromatic nitrogens is 2. The fraction of sp³-hybridized carbons (Fsp3) is 0.231. The van der Waals surface area contributed by atoms with Gasteiger partial charge in [0.1, 0.15) is 6.33 Å². The predicted octanol–water partition coefficient (Wildman–Crippen LogP) is 2.13. The molecule has 2 rings (SSSR count). The molecule has 2 N–H and O–H groups in total. The molecular formula is C13H14ClN3O2. The minimum Gasteiger partial charge on any atom is -0.504 e. The smallest absolute Gasteiger partial charge is 0.162 e. The van der Waals surface area contributed by atoms with E-state index in [1.807, 2.05) is 6.07 Å². The van der Waals surface area contributed by atoms with Crippen molar-refractivity contribution in [1.82, 2.24) is 15.3 Å². The summed E-state index contributed by atoms with van der Waals surface area (Å²) in [5.74, 6) is 0.466. The lowest BCUT2D eigenvalue weighted by molar-refractivity contribution is 0.369. The fourth-order valence-corrected chi connectivity index (χ4v) is 1.90. The summed E-state index contributed by atoms with van der Waals surface area (Å²) >= 11 is 5.96. The third kappa shape index (κ3) is 3.56. The van der Waals surface area contributed by atoms with Gasteiger partial charge in [-0.15, -0.1) is 0 Å². The molecule has 1 aromatic carbocycles. The van der Waals surface area contributed by atoms with Gasteiger partial charge in [-0.25, -0.2) is 9.97 Å². The molecule has 0 spiro atoms. The van der Waals surface area contributed by atoms with Crippen molar-refractivity contribution >= 4 is 11.6 Å². The number of phenolic OH excluding ortho intramolecular Hbond substituents is 1. The van der Waals surface area contributed by atoms with Crippen LogP contribution in [-0.2, 0) is 13.1 Å². The molecule has 0 aliphatic heterocycles. The molecule has 6 heteroatoms. The molecule has 19 heavy (non-hydrogen) atoms. The molecule has 0 fully saturated rings. The van der Waals surface area contributed by atoms with Crippen molar-refractivity contribution in [2.45, 2.75) is 13.1 Å². The molecule has 1 heterocycles. The molecule has 0 radical (unpaired) electrons. The van der Waals surface area contributed by atoms with Gasteiger partial charge < -0.3 is 15.2 Å². The van der Waals surface area contributed by atoms with Gasteiger partial charge in [-0.2, -0.15) is 0 Å². The van der Waals surface area contributed by atoms with Crippen LogP contribution in [0.3, 0.4) is 0 Å². The number of hydrogen-bond donors (Lipinski definition) is 2. The molecule has 0 atom stereocenters. The highest BCUT2D eigenvalue weighted by Gasteiger charge is 2.09. The third-order valence-electron chi connectivity index (χ3n) is 2.60. The van der Waals surface area contributed by atoms with Crippen LogP contribution < -0.4 is 10.1 Å². The topological polar surface area (TPSA) is 67.3 Å². The zero-order valence-electron chi connectivity index (χ0n) is 10.4. The molecule has 100 valence electrons. The van der Waals surface area contributed by atoms with E-state index in [2.05, 4.69) is 15.3 Å². The molecule has 0 amide bonds. The lowest BCUT2D eigenvalue weighted by Gasteiger charge is -2.10. The van der Waals surface area contributed by atoms with Crippen LogP contribution in [0.15, 0.2) is 30.7 Å². The number of benzene rings is 1. The van der Waals surface area contributed by atoms with E-state index in [-0.39, 0.29) is 5.75 Å². The van der Waals surface area contributed by atoms with Crippen molar-refractivity contribution in [1.29, 1.82) is 0 Å². The first kappa shape index (κ1) is 13.6. The third-order valence-corrected chi connectivity index (χ3v) is 2.82. The average Bonchev–Trinajstić information content (AvgIpc) is 2.43. The van der Waals surface area contributed by atoms with Gasteiger partial charge in [-0.05, 0) is 12.1 Å². The van der Waals surface area contributed by atoms with Crippen molar-refractivity contribution in [3.05, 3.63) is 47.0 Å². The zero-order chi connectivity index (χ0) is 13.7. The van der Waals surface area contributed by atoms with Crippen LogP contribution in [0.4, 0.5) is 0 Å². The van der Waals surface area contributed by atoms with Crippen LogP contribution in [0, 0.1) is 0 Å². The standard InChI is InChI=1S/C13H14ClN3O2/c1-19-12-5-10(14)4-9(13(12)18)6-16-7-11-2-3-15-8-17-11/h2-5,8,16,18H,6-7H2,1H3. The van der Waals surface area contributed by atoms with E-state index in [4.69, 9.17) is 16.3 Å². The van der Waals surface area contributed by atoms with Crippen LogP contribution in [0.5, 0.6) is 11.5 Å². The number of ether oxygens (including phenoxy) is 1. The summed E-state index contributed by atoms with van der Waals surface area (Å²) in [5, 5.41) is 13.7. The lowest BCUT2D eigenvalue weighted by atomic mass is 10.2. The highest BCUT2D eigenvalue weighted by molar-refractivity contribution is 6.30. The Hall–Kier alpha value is -1.85. The molecule has 0 bridgehead atoms. The van der Waals surface area contributed by atoms with Gasteiger partial charge in [-0.3, -0.25) is 0 Å². The van der Waals surface area contributed by atoms with E-state index in [1.54, 1.807) is 18.3 Å². The first-order valence-electron chi connectivity index (χ1n) is 5.71. The monoisotopic (exact) mass is 279 g/mol.